The maximum Gasteiger partial charge on any atom is 0.340 e. The van der Waals surface area contributed by atoms with Crippen molar-refractivity contribution in [3.8, 4) is 11.8 Å². The molecule has 0 aliphatic carbocycles. The van der Waals surface area contributed by atoms with Crippen LogP contribution in [-0.4, -0.2) is 18.2 Å². The highest BCUT2D eigenvalue weighted by Crippen LogP contribution is 2.23. The lowest BCUT2D eigenvalue weighted by atomic mass is 10.1. The highest BCUT2D eigenvalue weighted by molar-refractivity contribution is 5.91. The molecule has 0 saturated carbocycles. The molecule has 72 valence electrons. The van der Waals surface area contributed by atoms with Crippen molar-refractivity contribution in [2.24, 2.45) is 0 Å². The van der Waals surface area contributed by atoms with Gasteiger partial charge in [0, 0.05) is 0 Å². The van der Waals surface area contributed by atoms with Gasteiger partial charge in [-0.05, 0) is 12.1 Å². The van der Waals surface area contributed by atoms with Crippen LogP contribution in [0.3, 0.4) is 0 Å². The van der Waals surface area contributed by atoms with Crippen molar-refractivity contribution in [1.29, 1.82) is 5.26 Å². The molecule has 0 amide bonds. The molecule has 1 aromatic rings. The van der Waals surface area contributed by atoms with Crippen molar-refractivity contribution in [2.45, 2.75) is 0 Å². The highest BCUT2D eigenvalue weighted by atomic mass is 19.1. The number of nitriles is 1. The molecule has 1 N–H and O–H groups in total. The number of carbonyl (C=O) groups is 1. The quantitative estimate of drug-likeness (QED) is 0.774. The fraction of sp³-hybridized carbons (Fsp3) is 0.111. The first kappa shape index (κ1) is 9.99. The maximum absolute atomic E-state index is 13.0. The summed E-state index contributed by atoms with van der Waals surface area (Å²) < 4.78 is 17.7. The summed E-state index contributed by atoms with van der Waals surface area (Å²) >= 11 is 0. The Kier molecular flexibility index (Phi) is 2.67. The van der Waals surface area contributed by atoms with E-state index in [1.807, 2.05) is 0 Å². The van der Waals surface area contributed by atoms with Gasteiger partial charge in [-0.1, -0.05) is 0 Å². The summed E-state index contributed by atoms with van der Waals surface area (Å²) in [6.45, 7) is 0. The van der Waals surface area contributed by atoms with E-state index in [-0.39, 0.29) is 11.3 Å². The second-order valence-electron chi connectivity index (χ2n) is 2.42. The summed E-state index contributed by atoms with van der Waals surface area (Å²) in [5.74, 6) is -2.39. The van der Waals surface area contributed by atoms with Crippen LogP contribution >= 0.6 is 0 Å². The number of carboxylic acids is 1. The lowest BCUT2D eigenvalue weighted by Gasteiger charge is -2.05. The van der Waals surface area contributed by atoms with Gasteiger partial charge in [-0.15, -0.1) is 0 Å². The first-order chi connectivity index (χ1) is 6.61. The van der Waals surface area contributed by atoms with E-state index in [9.17, 15) is 9.18 Å². The minimum absolute atomic E-state index is 0.0475. The van der Waals surface area contributed by atoms with E-state index in [1.165, 1.54) is 13.2 Å². The third kappa shape index (κ3) is 1.50. The van der Waals surface area contributed by atoms with Crippen LogP contribution in [0.5, 0.6) is 5.75 Å². The molecule has 4 nitrogen and oxygen atoms in total. The molecule has 1 rings (SSSR count). The van der Waals surface area contributed by atoms with Gasteiger partial charge >= 0.3 is 5.97 Å². The molecule has 0 spiro atoms. The molecule has 0 unspecified atom stereocenters. The fourth-order valence-corrected chi connectivity index (χ4v) is 1.05. The van der Waals surface area contributed by atoms with Crippen LogP contribution in [0.2, 0.25) is 0 Å². The second kappa shape index (κ2) is 3.75. The maximum atomic E-state index is 13.0. The zero-order valence-corrected chi connectivity index (χ0v) is 7.24. The average Bonchev–Trinajstić information content (AvgIpc) is 2.16. The molecular formula is C9H6FNO3. The molecule has 0 aromatic heterocycles. The van der Waals surface area contributed by atoms with Crippen molar-refractivity contribution < 1.29 is 19.0 Å². The van der Waals surface area contributed by atoms with Crippen LogP contribution in [-0.2, 0) is 0 Å². The second-order valence-corrected chi connectivity index (χ2v) is 2.42. The summed E-state index contributed by atoms with van der Waals surface area (Å²) in [6, 6.07) is 3.75. The monoisotopic (exact) mass is 195 g/mol. The van der Waals surface area contributed by atoms with Gasteiger partial charge in [-0.25, -0.2) is 9.18 Å². The SMILES string of the molecule is COc1ccc(F)c(C(=O)O)c1C#N. The molecule has 5 heteroatoms. The summed E-state index contributed by atoms with van der Waals surface area (Å²) in [5, 5.41) is 17.3. The third-order valence-corrected chi connectivity index (χ3v) is 1.66. The third-order valence-electron chi connectivity index (χ3n) is 1.66. The largest absolute Gasteiger partial charge is 0.495 e. The normalized spacial score (nSPS) is 9.21. The van der Waals surface area contributed by atoms with Crippen LogP contribution in [0.4, 0.5) is 4.39 Å². The lowest BCUT2D eigenvalue weighted by molar-refractivity contribution is 0.0691. The molecule has 1 aromatic carbocycles. The molecule has 0 atom stereocenters. The van der Waals surface area contributed by atoms with Gasteiger partial charge in [0.25, 0.3) is 0 Å². The van der Waals surface area contributed by atoms with Crippen LogP contribution in [0, 0.1) is 17.1 Å². The first-order valence-corrected chi connectivity index (χ1v) is 3.61. The fourth-order valence-electron chi connectivity index (χ4n) is 1.05. The van der Waals surface area contributed by atoms with E-state index in [2.05, 4.69) is 0 Å². The lowest BCUT2D eigenvalue weighted by Crippen LogP contribution is -2.05. The Morgan fingerprint density at radius 2 is 2.29 bits per heavy atom. The molecule has 0 aliphatic rings. The van der Waals surface area contributed by atoms with Crippen LogP contribution in [0.15, 0.2) is 12.1 Å². The van der Waals surface area contributed by atoms with E-state index in [1.54, 1.807) is 6.07 Å². The summed E-state index contributed by atoms with van der Waals surface area (Å²) in [5.41, 5.74) is -0.966. The van der Waals surface area contributed by atoms with Gasteiger partial charge in [0.15, 0.2) is 0 Å². The number of methoxy groups -OCH3 is 1. The van der Waals surface area contributed by atoms with Gasteiger partial charge in [-0.2, -0.15) is 5.26 Å². The van der Waals surface area contributed by atoms with E-state index in [0.29, 0.717) is 0 Å². The van der Waals surface area contributed by atoms with Crippen LogP contribution in [0.25, 0.3) is 0 Å². The topological polar surface area (TPSA) is 70.3 Å². The number of benzene rings is 1. The number of rotatable bonds is 2. The molecule has 0 fully saturated rings. The summed E-state index contributed by atoms with van der Waals surface area (Å²) in [7, 11) is 1.28. The Morgan fingerprint density at radius 1 is 1.64 bits per heavy atom. The number of aromatic carboxylic acids is 1. The Morgan fingerprint density at radius 3 is 2.71 bits per heavy atom. The zero-order valence-electron chi connectivity index (χ0n) is 7.24. The van der Waals surface area contributed by atoms with Crippen molar-refractivity contribution >= 4 is 5.97 Å². The number of carboxylic acid groups (broad SMARTS) is 1. The Bertz CT molecular complexity index is 423. The van der Waals surface area contributed by atoms with E-state index in [0.717, 1.165) is 6.07 Å². The van der Waals surface area contributed by atoms with Crippen LogP contribution < -0.4 is 4.74 Å². The smallest absolute Gasteiger partial charge is 0.340 e. The van der Waals surface area contributed by atoms with E-state index in [4.69, 9.17) is 15.1 Å². The molecule has 0 saturated heterocycles. The standard InChI is InChI=1S/C9H6FNO3/c1-14-7-3-2-6(10)8(9(12)13)5(7)4-11/h2-3H,1H3,(H,12,13). The number of nitrogens with zero attached hydrogens (tertiary/aromatic N) is 1. The van der Waals surface area contributed by atoms with Crippen molar-refractivity contribution in [1.82, 2.24) is 0 Å². The van der Waals surface area contributed by atoms with Gasteiger partial charge in [0.1, 0.15) is 28.8 Å². The van der Waals surface area contributed by atoms with Crippen molar-refractivity contribution in [2.75, 3.05) is 7.11 Å². The Balaban J connectivity index is 3.53. The number of ether oxygens (including phenoxy) is 1. The Hall–Kier alpha value is -2.09. The minimum atomic E-state index is -1.49. The summed E-state index contributed by atoms with van der Waals surface area (Å²) in [4.78, 5) is 10.6. The van der Waals surface area contributed by atoms with Gasteiger partial charge in [0.05, 0.1) is 7.11 Å². The van der Waals surface area contributed by atoms with E-state index < -0.39 is 17.3 Å². The molecule has 0 heterocycles. The van der Waals surface area contributed by atoms with E-state index >= 15 is 0 Å². The summed E-state index contributed by atoms with van der Waals surface area (Å²) in [6.07, 6.45) is 0. The van der Waals surface area contributed by atoms with Crippen molar-refractivity contribution in [3.05, 3.63) is 29.1 Å². The van der Waals surface area contributed by atoms with Crippen LogP contribution in [0.1, 0.15) is 15.9 Å². The van der Waals surface area contributed by atoms with Crippen molar-refractivity contribution in [3.63, 3.8) is 0 Å². The number of halogens is 1. The average molecular weight is 195 g/mol. The molecule has 0 radical (unpaired) electrons. The number of hydrogen-bond acceptors (Lipinski definition) is 3. The van der Waals surface area contributed by atoms with Gasteiger partial charge < -0.3 is 9.84 Å². The highest BCUT2D eigenvalue weighted by Gasteiger charge is 2.19. The minimum Gasteiger partial charge on any atom is -0.495 e. The molecule has 0 bridgehead atoms. The Labute approximate surface area is 79.2 Å². The first-order valence-electron chi connectivity index (χ1n) is 3.61. The predicted octanol–water partition coefficient (Wildman–Crippen LogP) is 1.40. The molecular weight excluding hydrogens is 189 g/mol. The molecule has 14 heavy (non-hydrogen) atoms. The van der Waals surface area contributed by atoms with Gasteiger partial charge in [-0.3, -0.25) is 0 Å². The molecule has 0 aliphatic heterocycles. The predicted molar refractivity (Wildman–Crippen MR) is 44.6 cm³/mol. The number of hydrogen-bond donors (Lipinski definition) is 1. The zero-order chi connectivity index (χ0) is 10.7. The van der Waals surface area contributed by atoms with Gasteiger partial charge in [0.2, 0.25) is 0 Å².